The van der Waals surface area contributed by atoms with Crippen LogP contribution in [0.5, 0.6) is 5.75 Å². The molecule has 4 rings (SSSR count). The second-order valence-electron chi connectivity index (χ2n) is 6.64. The van der Waals surface area contributed by atoms with Crippen molar-refractivity contribution < 1.29 is 27.4 Å². The van der Waals surface area contributed by atoms with E-state index in [1.807, 2.05) is 18.2 Å². The third-order valence-electron chi connectivity index (χ3n) is 4.94. The molecule has 0 fully saturated rings. The van der Waals surface area contributed by atoms with Gasteiger partial charge in [0, 0.05) is 0 Å². The number of methoxy groups -OCH3 is 2. The van der Waals surface area contributed by atoms with Gasteiger partial charge >= 0.3 is 12.1 Å². The summed E-state index contributed by atoms with van der Waals surface area (Å²) in [5.41, 5.74) is 1.00. The molecule has 0 amide bonds. The van der Waals surface area contributed by atoms with Crippen molar-refractivity contribution in [2.45, 2.75) is 25.1 Å². The summed E-state index contributed by atoms with van der Waals surface area (Å²) in [4.78, 5) is 15.9. The van der Waals surface area contributed by atoms with Crippen LogP contribution >= 0.6 is 11.3 Å². The van der Waals surface area contributed by atoms with Gasteiger partial charge in [0.05, 0.1) is 25.0 Å². The fourth-order valence-electron chi connectivity index (χ4n) is 3.62. The first-order chi connectivity index (χ1) is 13.8. The van der Waals surface area contributed by atoms with E-state index in [0.717, 1.165) is 40.7 Å². The van der Waals surface area contributed by atoms with Crippen LogP contribution in [0, 0.1) is 0 Å². The maximum atomic E-state index is 13.4. The minimum Gasteiger partial charge on any atom is -0.496 e. The van der Waals surface area contributed by atoms with Crippen LogP contribution in [-0.4, -0.2) is 25.2 Å². The molecule has 1 aliphatic carbocycles. The van der Waals surface area contributed by atoms with Gasteiger partial charge in [-0.15, -0.1) is 11.3 Å². The van der Waals surface area contributed by atoms with Crippen LogP contribution in [0.3, 0.4) is 0 Å². The number of nitrogens with zero attached hydrogens (tertiary/aromatic N) is 1. The topological polar surface area (TPSA) is 60.5 Å². The molecule has 9 heteroatoms. The number of esters is 1. The first-order valence-electron chi connectivity index (χ1n) is 8.84. The Kier molecular flexibility index (Phi) is 4.85. The van der Waals surface area contributed by atoms with E-state index in [-0.39, 0.29) is 16.7 Å². The molecule has 1 aliphatic rings. The van der Waals surface area contributed by atoms with Crippen molar-refractivity contribution in [1.82, 2.24) is 4.98 Å². The Hall–Kier alpha value is -2.81. The molecule has 0 unspecified atom stereocenters. The molecule has 2 heterocycles. The van der Waals surface area contributed by atoms with Crippen LogP contribution in [-0.2, 0) is 17.3 Å². The van der Waals surface area contributed by atoms with E-state index in [4.69, 9.17) is 9.47 Å². The van der Waals surface area contributed by atoms with Crippen molar-refractivity contribution in [3.05, 3.63) is 52.0 Å². The first kappa shape index (κ1) is 19.5. The van der Waals surface area contributed by atoms with Gasteiger partial charge in [-0.3, -0.25) is 0 Å². The molecule has 0 spiro atoms. The van der Waals surface area contributed by atoms with E-state index in [0.29, 0.717) is 16.5 Å². The third kappa shape index (κ3) is 3.50. The lowest BCUT2D eigenvalue weighted by Gasteiger charge is -2.17. The number of carbonyl (C=O) groups excluding carboxylic acids is 1. The minimum atomic E-state index is -4.60. The van der Waals surface area contributed by atoms with E-state index in [2.05, 4.69) is 10.3 Å². The highest BCUT2D eigenvalue weighted by Crippen LogP contribution is 2.42. The largest absolute Gasteiger partial charge is 0.496 e. The molecule has 0 bridgehead atoms. The molecule has 3 aromatic rings. The number of aromatic nitrogens is 1. The molecular formula is C20H17F3N2O3S. The average Bonchev–Trinajstić information content (AvgIpc) is 3.31. The lowest BCUT2D eigenvalue weighted by molar-refractivity contribution is -0.141. The zero-order chi connectivity index (χ0) is 20.8. The molecule has 29 heavy (non-hydrogen) atoms. The Morgan fingerprint density at radius 3 is 2.76 bits per heavy atom. The minimum absolute atomic E-state index is 0.107. The Morgan fingerprint density at radius 1 is 1.28 bits per heavy atom. The van der Waals surface area contributed by atoms with Gasteiger partial charge in [0.25, 0.3) is 0 Å². The number of benzene rings is 1. The van der Waals surface area contributed by atoms with Gasteiger partial charge in [-0.25, -0.2) is 9.78 Å². The molecule has 152 valence electrons. The Labute approximate surface area is 168 Å². The van der Waals surface area contributed by atoms with E-state index in [1.54, 1.807) is 7.11 Å². The van der Waals surface area contributed by atoms with Crippen molar-refractivity contribution >= 4 is 33.2 Å². The zero-order valence-electron chi connectivity index (χ0n) is 15.6. The predicted octanol–water partition coefficient (Wildman–Crippen LogP) is 5.21. The van der Waals surface area contributed by atoms with Crippen molar-refractivity contribution in [2.24, 2.45) is 0 Å². The summed E-state index contributed by atoms with van der Waals surface area (Å²) in [5.74, 6) is 0.273. The fraction of sp³-hybridized carbons (Fsp3) is 0.300. The number of thiophene rings is 1. The molecule has 2 aromatic heterocycles. The predicted molar refractivity (Wildman–Crippen MR) is 104 cm³/mol. The van der Waals surface area contributed by atoms with Crippen LogP contribution in [0.2, 0.25) is 0 Å². The molecule has 0 saturated heterocycles. The van der Waals surface area contributed by atoms with Gasteiger partial charge < -0.3 is 14.8 Å². The van der Waals surface area contributed by atoms with E-state index in [9.17, 15) is 18.0 Å². The SMILES string of the molecule is COC(=O)c1cc2cc(C(F)(F)F)nc(N[C@@H]3CCc4c(OC)cccc43)c2s1. The Bertz CT molecular complexity index is 1090. The highest BCUT2D eigenvalue weighted by Gasteiger charge is 2.35. The Balaban J connectivity index is 1.79. The standard InChI is InChI=1S/C20H17F3N2O3S/c1-27-14-5-3-4-11-12(14)6-7-13(11)24-18-17-10(8-15(29-17)19(26)28-2)9-16(25-18)20(21,22)23/h3-5,8-9,13H,6-7H2,1-2H3,(H,24,25)/t13-/m1/s1. The summed E-state index contributed by atoms with van der Waals surface area (Å²) >= 11 is 1.06. The second-order valence-corrected chi connectivity index (χ2v) is 7.69. The summed E-state index contributed by atoms with van der Waals surface area (Å²) in [6.07, 6.45) is -3.16. The van der Waals surface area contributed by atoms with E-state index < -0.39 is 17.8 Å². The maximum absolute atomic E-state index is 13.4. The van der Waals surface area contributed by atoms with Crippen molar-refractivity contribution in [2.75, 3.05) is 19.5 Å². The number of rotatable bonds is 4. The lowest BCUT2D eigenvalue weighted by Crippen LogP contribution is -2.13. The number of anilines is 1. The quantitative estimate of drug-likeness (QED) is 0.585. The number of nitrogens with one attached hydrogen (secondary N) is 1. The van der Waals surface area contributed by atoms with Crippen LogP contribution in [0.1, 0.15) is 39.0 Å². The van der Waals surface area contributed by atoms with Crippen LogP contribution in [0.15, 0.2) is 30.3 Å². The van der Waals surface area contributed by atoms with Crippen LogP contribution in [0.4, 0.5) is 19.0 Å². The first-order valence-corrected chi connectivity index (χ1v) is 9.66. The lowest BCUT2D eigenvalue weighted by atomic mass is 10.1. The normalized spacial score (nSPS) is 16.0. The average molecular weight is 422 g/mol. The van der Waals surface area contributed by atoms with Gasteiger partial charge in [0.1, 0.15) is 22.1 Å². The summed E-state index contributed by atoms with van der Waals surface area (Å²) in [7, 11) is 2.82. The smallest absolute Gasteiger partial charge is 0.433 e. The van der Waals surface area contributed by atoms with Crippen molar-refractivity contribution in [3.8, 4) is 5.75 Å². The number of hydrogen-bond acceptors (Lipinski definition) is 6. The zero-order valence-corrected chi connectivity index (χ0v) is 16.4. The van der Waals surface area contributed by atoms with Crippen LogP contribution in [0.25, 0.3) is 10.1 Å². The summed E-state index contributed by atoms with van der Waals surface area (Å²) in [5, 5.41) is 3.46. The van der Waals surface area contributed by atoms with Crippen molar-refractivity contribution in [1.29, 1.82) is 0 Å². The number of alkyl halides is 3. The maximum Gasteiger partial charge on any atom is 0.433 e. The van der Waals surface area contributed by atoms with Crippen LogP contribution < -0.4 is 10.1 Å². The molecular weight excluding hydrogens is 405 g/mol. The highest BCUT2D eigenvalue weighted by atomic mass is 32.1. The number of halogens is 3. The summed E-state index contributed by atoms with van der Waals surface area (Å²) in [6, 6.07) is 7.80. The summed E-state index contributed by atoms with van der Waals surface area (Å²) in [6.45, 7) is 0. The van der Waals surface area contributed by atoms with E-state index in [1.165, 1.54) is 13.2 Å². The molecule has 1 N–H and O–H groups in total. The van der Waals surface area contributed by atoms with Gasteiger partial charge in [-0.2, -0.15) is 13.2 Å². The van der Waals surface area contributed by atoms with Crippen molar-refractivity contribution in [3.63, 3.8) is 0 Å². The number of ether oxygens (including phenoxy) is 2. The van der Waals surface area contributed by atoms with Gasteiger partial charge in [-0.05, 0) is 47.6 Å². The van der Waals surface area contributed by atoms with Gasteiger partial charge in [0.2, 0.25) is 0 Å². The second kappa shape index (κ2) is 7.22. The number of hydrogen-bond donors (Lipinski definition) is 1. The summed E-state index contributed by atoms with van der Waals surface area (Å²) < 4.78 is 50.7. The molecule has 5 nitrogen and oxygen atoms in total. The number of pyridine rings is 1. The fourth-order valence-corrected chi connectivity index (χ4v) is 4.63. The number of fused-ring (bicyclic) bond motifs is 2. The molecule has 1 atom stereocenters. The molecule has 0 radical (unpaired) electrons. The Morgan fingerprint density at radius 2 is 2.07 bits per heavy atom. The van der Waals surface area contributed by atoms with E-state index >= 15 is 0 Å². The molecule has 0 saturated carbocycles. The van der Waals surface area contributed by atoms with Gasteiger partial charge in [0.15, 0.2) is 0 Å². The highest BCUT2D eigenvalue weighted by molar-refractivity contribution is 7.21. The molecule has 1 aromatic carbocycles. The number of carbonyl (C=O) groups is 1. The third-order valence-corrected chi connectivity index (χ3v) is 6.07. The monoisotopic (exact) mass is 422 g/mol. The van der Waals surface area contributed by atoms with Gasteiger partial charge in [-0.1, -0.05) is 12.1 Å². The molecule has 0 aliphatic heterocycles.